The fourth-order valence-electron chi connectivity index (χ4n) is 2.20. The van der Waals surface area contributed by atoms with Gasteiger partial charge < -0.3 is 20.4 Å². The van der Waals surface area contributed by atoms with Gasteiger partial charge in [-0.3, -0.25) is 14.4 Å². The number of carboxylic acid groups (broad SMARTS) is 2. The Morgan fingerprint density at radius 3 is 1.97 bits per heavy atom. The van der Waals surface area contributed by atoms with Crippen LogP contribution < -0.4 is 10.2 Å². The van der Waals surface area contributed by atoms with Crippen molar-refractivity contribution in [2.45, 2.75) is 19.8 Å². The van der Waals surface area contributed by atoms with Crippen molar-refractivity contribution in [1.29, 1.82) is 0 Å². The van der Waals surface area contributed by atoms with E-state index in [1.165, 1.54) is 18.9 Å². The van der Waals surface area contributed by atoms with E-state index in [1.807, 2.05) is 45.2 Å². The lowest BCUT2D eigenvalue weighted by Crippen LogP contribution is -2.27. The Balaban J connectivity index is 3.25. The molecule has 0 fully saturated rings. The molecule has 0 aliphatic rings. The fraction of sp³-hybridized carbons (Fsp3) is 0.375. The van der Waals surface area contributed by atoms with Crippen LogP contribution >= 0.6 is 67.8 Å². The highest BCUT2D eigenvalue weighted by Gasteiger charge is 2.28. The topological polar surface area (TPSA) is 158 Å². The van der Waals surface area contributed by atoms with Gasteiger partial charge in [0.1, 0.15) is 0 Å². The number of benzene rings is 1. The summed E-state index contributed by atoms with van der Waals surface area (Å²) in [4.78, 5) is 47.8. The molecule has 0 aliphatic carbocycles. The third-order valence-corrected chi connectivity index (χ3v) is 8.68. The van der Waals surface area contributed by atoms with Gasteiger partial charge >= 0.3 is 11.9 Å². The van der Waals surface area contributed by atoms with Gasteiger partial charge in [0, 0.05) is 20.4 Å². The quantitative estimate of drug-likeness (QED) is 0.323. The maximum absolute atomic E-state index is 12.4. The van der Waals surface area contributed by atoms with Crippen LogP contribution in [0.15, 0.2) is 0 Å². The zero-order valence-electron chi connectivity index (χ0n) is 15.7. The molecule has 1 rings (SSSR count). The molecule has 0 bridgehead atoms. The number of sulfone groups is 1. The van der Waals surface area contributed by atoms with Gasteiger partial charge in [-0.1, -0.05) is 0 Å². The van der Waals surface area contributed by atoms with E-state index < -0.39 is 52.0 Å². The number of carbonyl (C=O) groups is 4. The number of carboxylic acids is 2. The number of rotatable bonds is 9. The molecule has 0 aliphatic heterocycles. The van der Waals surface area contributed by atoms with Gasteiger partial charge in [-0.05, 0) is 67.8 Å². The molecule has 0 heterocycles. The molecule has 2 amide bonds. The maximum atomic E-state index is 12.4. The first kappa shape index (κ1) is 27.3. The lowest BCUT2D eigenvalue weighted by molar-refractivity contribution is -0.136. The zero-order valence-corrected chi connectivity index (χ0v) is 23.0. The first-order valence-electron chi connectivity index (χ1n) is 8.09. The molecular weight excluding hydrogens is 761 g/mol. The van der Waals surface area contributed by atoms with E-state index in [1.54, 1.807) is 22.6 Å². The molecular formula is C16H17I3N2O8S. The summed E-state index contributed by atoms with van der Waals surface area (Å²) in [5, 5.41) is 20.7. The number of aromatic carboxylic acids is 1. The second-order valence-electron chi connectivity index (χ2n) is 6.02. The van der Waals surface area contributed by atoms with E-state index in [0.717, 1.165) is 0 Å². The van der Waals surface area contributed by atoms with Gasteiger partial charge in [-0.2, -0.15) is 0 Å². The Labute approximate surface area is 213 Å². The molecule has 10 nitrogen and oxygen atoms in total. The Morgan fingerprint density at radius 2 is 1.50 bits per heavy atom. The standard InChI is InChI=1S/C16H17I3N2O8S/c1-7(22)21(2)15-12(18)10(16(26)27)11(17)14(13(15)19)20-8(23)3-5-30(28,29)6-4-9(24)25/h3-6H2,1-2H3,(H,20,23)(H,24,25)(H,26,27). The summed E-state index contributed by atoms with van der Waals surface area (Å²) in [6.45, 7) is 1.31. The summed E-state index contributed by atoms with van der Waals surface area (Å²) in [6, 6.07) is 0. The molecule has 1 aromatic rings. The van der Waals surface area contributed by atoms with E-state index >= 15 is 0 Å². The first-order chi connectivity index (χ1) is 13.7. The number of halogens is 3. The molecule has 166 valence electrons. The zero-order chi connectivity index (χ0) is 23.4. The maximum Gasteiger partial charge on any atom is 0.338 e. The average Bonchev–Trinajstić information content (AvgIpc) is 2.61. The highest BCUT2D eigenvalue weighted by atomic mass is 127. The monoisotopic (exact) mass is 778 g/mol. The van der Waals surface area contributed by atoms with E-state index in [2.05, 4.69) is 5.32 Å². The van der Waals surface area contributed by atoms with Crippen LogP contribution in [-0.2, 0) is 24.2 Å². The van der Waals surface area contributed by atoms with Crippen LogP contribution in [-0.4, -0.2) is 60.9 Å². The molecule has 1 aromatic carbocycles. The minimum absolute atomic E-state index is 0.0934. The molecule has 0 aromatic heterocycles. The minimum atomic E-state index is -3.74. The van der Waals surface area contributed by atoms with Crippen molar-refractivity contribution < 1.29 is 37.8 Å². The van der Waals surface area contributed by atoms with Gasteiger partial charge in [0.15, 0.2) is 9.84 Å². The normalized spacial score (nSPS) is 11.1. The smallest absolute Gasteiger partial charge is 0.338 e. The van der Waals surface area contributed by atoms with Crippen molar-refractivity contribution in [3.8, 4) is 0 Å². The van der Waals surface area contributed by atoms with Crippen LogP contribution in [0.1, 0.15) is 30.1 Å². The largest absolute Gasteiger partial charge is 0.481 e. The Bertz CT molecular complexity index is 1010. The highest BCUT2D eigenvalue weighted by Crippen LogP contribution is 2.40. The number of amides is 2. The predicted octanol–water partition coefficient (Wildman–Crippen LogP) is 2.40. The Morgan fingerprint density at radius 1 is 0.967 bits per heavy atom. The van der Waals surface area contributed by atoms with E-state index in [0.29, 0.717) is 12.8 Å². The summed E-state index contributed by atoms with van der Waals surface area (Å²) in [5.74, 6) is -4.65. The molecule has 14 heteroatoms. The number of hydrogen-bond acceptors (Lipinski definition) is 6. The third-order valence-electron chi connectivity index (χ3n) is 3.85. The van der Waals surface area contributed by atoms with Gasteiger partial charge in [-0.25, -0.2) is 13.2 Å². The molecule has 0 radical (unpaired) electrons. The summed E-state index contributed by atoms with van der Waals surface area (Å²) < 4.78 is 24.7. The van der Waals surface area contributed by atoms with E-state index in [-0.39, 0.29) is 20.7 Å². The summed E-state index contributed by atoms with van der Waals surface area (Å²) in [6.07, 6.45) is -0.986. The van der Waals surface area contributed by atoms with Crippen molar-refractivity contribution >= 4 is 113 Å². The SMILES string of the molecule is CC(=O)N(C)c1c(I)c(NC(=O)CCS(=O)(=O)CCC(=O)O)c(I)c(C(=O)O)c1I. The molecule has 0 spiro atoms. The number of nitrogens with one attached hydrogen (secondary N) is 1. The summed E-state index contributed by atoms with van der Waals surface area (Å²) >= 11 is 5.48. The Kier molecular flexibility index (Phi) is 10.2. The molecule has 0 saturated heterocycles. The van der Waals surface area contributed by atoms with E-state index in [9.17, 15) is 32.7 Å². The Hall–Kier alpha value is -0.760. The van der Waals surface area contributed by atoms with Crippen molar-refractivity contribution in [3.05, 3.63) is 16.3 Å². The van der Waals surface area contributed by atoms with Gasteiger partial charge in [0.05, 0.1) is 45.6 Å². The first-order valence-corrected chi connectivity index (χ1v) is 13.2. The lowest BCUT2D eigenvalue weighted by Gasteiger charge is -2.23. The van der Waals surface area contributed by atoms with E-state index in [4.69, 9.17) is 5.11 Å². The predicted molar refractivity (Wildman–Crippen MR) is 135 cm³/mol. The van der Waals surface area contributed by atoms with Crippen molar-refractivity contribution in [2.75, 3.05) is 28.8 Å². The summed E-state index contributed by atoms with van der Waals surface area (Å²) in [7, 11) is -2.27. The van der Waals surface area contributed by atoms with Crippen LogP contribution in [0.5, 0.6) is 0 Å². The van der Waals surface area contributed by atoms with Crippen LogP contribution in [0, 0.1) is 10.7 Å². The highest BCUT2D eigenvalue weighted by molar-refractivity contribution is 14.1. The molecule has 0 unspecified atom stereocenters. The molecule has 30 heavy (non-hydrogen) atoms. The van der Waals surface area contributed by atoms with Crippen LogP contribution in [0.4, 0.5) is 11.4 Å². The third kappa shape index (κ3) is 7.14. The van der Waals surface area contributed by atoms with Crippen molar-refractivity contribution in [1.82, 2.24) is 0 Å². The van der Waals surface area contributed by atoms with Crippen LogP contribution in [0.3, 0.4) is 0 Å². The van der Waals surface area contributed by atoms with Crippen LogP contribution in [0.2, 0.25) is 0 Å². The number of nitrogens with zero attached hydrogens (tertiary/aromatic N) is 1. The van der Waals surface area contributed by atoms with Crippen molar-refractivity contribution in [2.24, 2.45) is 0 Å². The molecule has 0 atom stereocenters. The summed E-state index contributed by atoms with van der Waals surface area (Å²) in [5.41, 5.74) is 0.375. The van der Waals surface area contributed by atoms with Gasteiger partial charge in [-0.15, -0.1) is 0 Å². The second-order valence-corrected chi connectivity index (χ2v) is 11.6. The molecule has 3 N–H and O–H groups in total. The number of carbonyl (C=O) groups excluding carboxylic acids is 2. The lowest BCUT2D eigenvalue weighted by atomic mass is 10.1. The number of hydrogen-bond donors (Lipinski definition) is 3. The number of aliphatic carboxylic acids is 1. The van der Waals surface area contributed by atoms with Crippen LogP contribution in [0.25, 0.3) is 0 Å². The fourth-order valence-corrected chi connectivity index (χ4v) is 8.00. The van der Waals surface area contributed by atoms with Gasteiger partial charge in [0.2, 0.25) is 11.8 Å². The average molecular weight is 778 g/mol. The second kappa shape index (κ2) is 11.2. The van der Waals surface area contributed by atoms with Gasteiger partial charge in [0.25, 0.3) is 0 Å². The molecule has 0 saturated carbocycles. The van der Waals surface area contributed by atoms with Crippen molar-refractivity contribution in [3.63, 3.8) is 0 Å². The number of anilines is 2. The minimum Gasteiger partial charge on any atom is -0.481 e.